The van der Waals surface area contributed by atoms with Gasteiger partial charge in [-0.3, -0.25) is 33.8 Å². The Morgan fingerprint density at radius 3 is 2.32 bits per heavy atom. The molecule has 12 nitrogen and oxygen atoms in total. The van der Waals surface area contributed by atoms with Crippen LogP contribution in [0, 0.1) is 29.1 Å². The van der Waals surface area contributed by atoms with Crippen LogP contribution in [-0.4, -0.2) is 87.2 Å². The van der Waals surface area contributed by atoms with Gasteiger partial charge in [-0.25, -0.2) is 4.98 Å². The molecule has 0 radical (unpaired) electrons. The summed E-state index contributed by atoms with van der Waals surface area (Å²) in [6.07, 6.45) is 14.5. The van der Waals surface area contributed by atoms with E-state index in [0.717, 1.165) is 64.2 Å². The van der Waals surface area contributed by atoms with Gasteiger partial charge >= 0.3 is 0 Å². The summed E-state index contributed by atoms with van der Waals surface area (Å²) in [5.41, 5.74) is -0.467. The number of ketones is 3. The lowest BCUT2D eigenvalue weighted by Crippen LogP contribution is -2.53. The molecule has 2 heterocycles. The number of nitrogens with zero attached hydrogens (tertiary/aromatic N) is 3. The van der Waals surface area contributed by atoms with E-state index in [4.69, 9.17) is 0 Å². The lowest BCUT2D eigenvalue weighted by atomic mass is 9.74. The van der Waals surface area contributed by atoms with Crippen LogP contribution in [0.15, 0.2) is 18.6 Å². The zero-order chi connectivity index (χ0) is 36.0. The molecule has 1 aromatic rings. The number of carbonyl (C=O) groups excluding carboxylic acids is 6. The molecule has 1 aliphatic heterocycles. The van der Waals surface area contributed by atoms with E-state index in [2.05, 4.69) is 25.9 Å². The predicted molar refractivity (Wildman–Crippen MR) is 187 cm³/mol. The average molecular weight is 693 g/mol. The molecule has 1 saturated heterocycles. The molecule has 3 saturated carbocycles. The van der Waals surface area contributed by atoms with Crippen LogP contribution in [0.1, 0.15) is 122 Å². The molecule has 0 bridgehead atoms. The molecule has 0 aromatic carbocycles. The molecular formula is C38H56N6O6. The van der Waals surface area contributed by atoms with Crippen LogP contribution in [-0.2, 0) is 24.0 Å². The number of fused-ring (bicyclic) bond motifs is 1. The topological polar surface area (TPSA) is 168 Å². The van der Waals surface area contributed by atoms with Gasteiger partial charge < -0.3 is 20.9 Å². The molecule has 3 aliphatic carbocycles. The number of Topliss-reactive ketones (excluding diaryl/α,β-unsaturated/α-hetero) is 3. The predicted octanol–water partition coefficient (Wildman–Crippen LogP) is 3.58. The summed E-state index contributed by atoms with van der Waals surface area (Å²) in [6.45, 7) is 8.09. The van der Waals surface area contributed by atoms with E-state index in [0.29, 0.717) is 19.4 Å². The smallest absolute Gasteiger partial charge is 0.289 e. The first-order valence-corrected chi connectivity index (χ1v) is 18.9. The van der Waals surface area contributed by atoms with Crippen molar-refractivity contribution in [1.82, 2.24) is 30.8 Å². The SMILES string of the molecule is CCC[C@H](NCC(=O)[C@@H]1[C@H]2CCC[C@H]2CN1C(=O)[C@@H](CC(=O)[C@@H](NC(=O)c1cnccn1)C1CCCCC1)C(C)(C)C)C(=O)C(=O)NC1CC1. The molecule has 5 rings (SSSR count). The van der Waals surface area contributed by atoms with Crippen molar-refractivity contribution in [3.8, 4) is 0 Å². The Balaban J connectivity index is 1.32. The van der Waals surface area contributed by atoms with Crippen molar-refractivity contribution in [2.24, 2.45) is 29.1 Å². The minimum Gasteiger partial charge on any atom is -0.347 e. The van der Waals surface area contributed by atoms with Crippen LogP contribution < -0.4 is 16.0 Å². The monoisotopic (exact) mass is 692 g/mol. The van der Waals surface area contributed by atoms with Crippen LogP contribution in [0.4, 0.5) is 0 Å². The summed E-state index contributed by atoms with van der Waals surface area (Å²) in [7, 11) is 0. The molecule has 274 valence electrons. The average Bonchev–Trinajstić information content (AvgIpc) is 3.67. The van der Waals surface area contributed by atoms with Gasteiger partial charge in [0.2, 0.25) is 11.7 Å². The minimum absolute atomic E-state index is 0.0179. The van der Waals surface area contributed by atoms with Gasteiger partial charge in [-0.15, -0.1) is 0 Å². The van der Waals surface area contributed by atoms with Gasteiger partial charge in [0.1, 0.15) is 5.69 Å². The van der Waals surface area contributed by atoms with E-state index in [1.54, 1.807) is 4.90 Å². The van der Waals surface area contributed by atoms with Gasteiger partial charge in [0.25, 0.3) is 11.8 Å². The standard InChI is InChI=1S/C38H56N6O6/c1-5-10-28(34(47)36(49)42-25-15-16-25)41-21-31(46)33-26-14-9-13-24(26)22-44(33)37(50)27(38(2,3)4)19-30(45)32(23-11-7-6-8-12-23)43-35(48)29-20-39-17-18-40-29/h17-18,20,23-28,32-33,41H,5-16,19,21-22H2,1-4H3,(H,42,49)(H,43,48)/t24-,26-,27+,28-,32-,33-/m0/s1. The highest BCUT2D eigenvalue weighted by molar-refractivity contribution is 6.38. The lowest BCUT2D eigenvalue weighted by Gasteiger charge is -2.37. The van der Waals surface area contributed by atoms with Crippen molar-refractivity contribution in [3.05, 3.63) is 24.3 Å². The van der Waals surface area contributed by atoms with E-state index in [-0.39, 0.29) is 59.9 Å². The molecule has 4 aliphatic rings. The van der Waals surface area contributed by atoms with Gasteiger partial charge in [-0.1, -0.05) is 59.8 Å². The van der Waals surface area contributed by atoms with Crippen LogP contribution in [0.2, 0.25) is 0 Å². The largest absolute Gasteiger partial charge is 0.347 e. The molecule has 12 heteroatoms. The maximum Gasteiger partial charge on any atom is 0.289 e. The first kappa shape index (κ1) is 37.7. The molecule has 3 amide bonds. The number of amides is 3. The summed E-state index contributed by atoms with van der Waals surface area (Å²) in [4.78, 5) is 91.5. The maximum absolute atomic E-state index is 14.7. The number of hydrogen-bond acceptors (Lipinski definition) is 9. The fourth-order valence-corrected chi connectivity index (χ4v) is 8.38. The zero-order valence-electron chi connectivity index (χ0n) is 30.2. The number of likely N-dealkylation sites (tertiary alicyclic amines) is 1. The third kappa shape index (κ3) is 9.22. The quantitative estimate of drug-likeness (QED) is 0.220. The van der Waals surface area contributed by atoms with Crippen LogP contribution in [0.3, 0.4) is 0 Å². The highest BCUT2D eigenvalue weighted by Gasteiger charge is 2.51. The minimum atomic E-state index is -0.777. The third-order valence-electron chi connectivity index (χ3n) is 11.4. The fourth-order valence-electron chi connectivity index (χ4n) is 8.38. The first-order valence-electron chi connectivity index (χ1n) is 18.9. The highest BCUT2D eigenvalue weighted by Crippen LogP contribution is 2.44. The van der Waals surface area contributed by atoms with Crippen LogP contribution in [0.5, 0.6) is 0 Å². The lowest BCUT2D eigenvalue weighted by molar-refractivity contribution is -0.146. The van der Waals surface area contributed by atoms with Gasteiger partial charge in [0.15, 0.2) is 11.6 Å². The molecule has 4 fully saturated rings. The maximum atomic E-state index is 14.7. The molecular weight excluding hydrogens is 636 g/mol. The van der Waals surface area contributed by atoms with Crippen LogP contribution in [0.25, 0.3) is 0 Å². The third-order valence-corrected chi connectivity index (χ3v) is 11.4. The fraction of sp³-hybridized carbons (Fsp3) is 0.737. The van der Waals surface area contributed by atoms with Gasteiger partial charge in [-0.2, -0.15) is 0 Å². The Morgan fingerprint density at radius 1 is 0.940 bits per heavy atom. The Morgan fingerprint density at radius 2 is 1.68 bits per heavy atom. The summed E-state index contributed by atoms with van der Waals surface area (Å²) in [5, 5.41) is 8.80. The van der Waals surface area contributed by atoms with E-state index in [1.807, 2.05) is 27.7 Å². The highest BCUT2D eigenvalue weighted by atomic mass is 16.2. The Hall–Kier alpha value is -3.54. The van der Waals surface area contributed by atoms with Crippen molar-refractivity contribution in [3.63, 3.8) is 0 Å². The second-order valence-corrected chi connectivity index (χ2v) is 16.1. The molecule has 50 heavy (non-hydrogen) atoms. The molecule has 0 unspecified atom stereocenters. The van der Waals surface area contributed by atoms with E-state index >= 15 is 0 Å². The van der Waals surface area contributed by atoms with Crippen molar-refractivity contribution in [2.45, 2.75) is 135 Å². The Labute approximate surface area is 296 Å². The summed E-state index contributed by atoms with van der Waals surface area (Å²) in [5.74, 6) is -2.74. The van der Waals surface area contributed by atoms with Crippen molar-refractivity contribution in [1.29, 1.82) is 0 Å². The molecule has 1 aromatic heterocycles. The number of hydrogen-bond donors (Lipinski definition) is 3. The summed E-state index contributed by atoms with van der Waals surface area (Å²) < 4.78 is 0. The van der Waals surface area contributed by atoms with E-state index in [9.17, 15) is 28.8 Å². The number of rotatable bonds is 16. The first-order chi connectivity index (χ1) is 23.9. The van der Waals surface area contributed by atoms with Crippen LogP contribution >= 0.6 is 0 Å². The normalized spacial score (nSPS) is 24.2. The van der Waals surface area contributed by atoms with E-state index < -0.39 is 47.1 Å². The second kappa shape index (κ2) is 16.7. The zero-order valence-corrected chi connectivity index (χ0v) is 30.2. The molecule has 6 atom stereocenters. The molecule has 3 N–H and O–H groups in total. The second-order valence-electron chi connectivity index (χ2n) is 16.1. The summed E-state index contributed by atoms with van der Waals surface area (Å²) in [6, 6.07) is -2.14. The number of aromatic nitrogens is 2. The number of nitrogens with one attached hydrogen (secondary N) is 3. The Bertz CT molecular complexity index is 1400. The van der Waals surface area contributed by atoms with Crippen molar-refractivity contribution < 1.29 is 28.8 Å². The number of carbonyl (C=O) groups is 6. The van der Waals surface area contributed by atoms with Crippen molar-refractivity contribution in [2.75, 3.05) is 13.1 Å². The van der Waals surface area contributed by atoms with Gasteiger partial charge in [0, 0.05) is 37.3 Å². The van der Waals surface area contributed by atoms with Gasteiger partial charge in [-0.05, 0) is 68.1 Å². The molecule has 0 spiro atoms. The van der Waals surface area contributed by atoms with Gasteiger partial charge in [0.05, 0.1) is 30.9 Å². The summed E-state index contributed by atoms with van der Waals surface area (Å²) >= 11 is 0. The van der Waals surface area contributed by atoms with E-state index in [1.165, 1.54) is 18.6 Å². The van der Waals surface area contributed by atoms with Crippen molar-refractivity contribution >= 4 is 35.1 Å². The Kier molecular flexibility index (Phi) is 12.6.